The van der Waals surface area contributed by atoms with Crippen molar-refractivity contribution in [2.75, 3.05) is 29.9 Å². The largest absolute Gasteiger partial charge is 0.369 e. The third-order valence-electron chi connectivity index (χ3n) is 5.90. The van der Waals surface area contributed by atoms with Gasteiger partial charge in [0.05, 0.1) is 23.5 Å². The van der Waals surface area contributed by atoms with Crippen LogP contribution in [0.1, 0.15) is 46.6 Å². The Morgan fingerprint density at radius 3 is 2.59 bits per heavy atom. The summed E-state index contributed by atoms with van der Waals surface area (Å²) in [5, 5.41) is 6.24. The van der Waals surface area contributed by atoms with Gasteiger partial charge in [-0.05, 0) is 67.6 Å². The van der Waals surface area contributed by atoms with Gasteiger partial charge in [-0.3, -0.25) is 9.78 Å². The summed E-state index contributed by atoms with van der Waals surface area (Å²) in [4.78, 5) is 24.5. The van der Waals surface area contributed by atoms with Crippen LogP contribution >= 0.6 is 0 Å². The maximum Gasteiger partial charge on any atom is 0.255 e. The number of rotatable bonds is 9. The van der Waals surface area contributed by atoms with Crippen LogP contribution < -0.4 is 21.3 Å². The molecule has 0 bridgehead atoms. The van der Waals surface area contributed by atoms with Crippen molar-refractivity contribution in [1.29, 1.82) is 0 Å². The summed E-state index contributed by atoms with van der Waals surface area (Å²) in [6.07, 6.45) is 4.13. The van der Waals surface area contributed by atoms with Crippen LogP contribution in [0.25, 0.3) is 0 Å². The lowest BCUT2D eigenvalue weighted by Crippen LogP contribution is -2.31. The van der Waals surface area contributed by atoms with Crippen molar-refractivity contribution in [3.63, 3.8) is 0 Å². The van der Waals surface area contributed by atoms with Crippen molar-refractivity contribution >= 4 is 17.5 Å². The average Bonchev–Trinajstić information content (AvgIpc) is 2.88. The summed E-state index contributed by atoms with van der Waals surface area (Å²) in [6.45, 7) is 3.10. The molecule has 1 aromatic carbocycles. The minimum Gasteiger partial charge on any atom is -0.369 e. The lowest BCUT2D eigenvalue weighted by atomic mass is 10.1. The Kier molecular flexibility index (Phi) is 8.04. The molecule has 1 amide bonds. The van der Waals surface area contributed by atoms with Gasteiger partial charge >= 0.3 is 0 Å². The highest BCUT2D eigenvalue weighted by Crippen LogP contribution is 2.23. The first kappa shape index (κ1) is 23.6. The summed E-state index contributed by atoms with van der Waals surface area (Å²) in [5.41, 5.74) is 8.54. The molecule has 0 spiro atoms. The van der Waals surface area contributed by atoms with E-state index < -0.39 is 0 Å². The van der Waals surface area contributed by atoms with Gasteiger partial charge in [0.1, 0.15) is 17.5 Å². The van der Waals surface area contributed by atoms with Gasteiger partial charge in [0.15, 0.2) is 0 Å². The van der Waals surface area contributed by atoms with Crippen LogP contribution in [0.15, 0.2) is 54.6 Å². The molecule has 0 unspecified atom stereocenters. The highest BCUT2D eigenvalue weighted by Gasteiger charge is 2.18. The average molecular weight is 463 g/mol. The third-order valence-corrected chi connectivity index (χ3v) is 5.90. The van der Waals surface area contributed by atoms with Crippen LogP contribution in [0, 0.1) is 5.82 Å². The molecule has 1 aliphatic heterocycles. The number of nitrogens with one attached hydrogen (secondary N) is 2. The van der Waals surface area contributed by atoms with Gasteiger partial charge < -0.3 is 21.3 Å². The van der Waals surface area contributed by atoms with Crippen molar-refractivity contribution in [2.45, 2.75) is 38.8 Å². The van der Waals surface area contributed by atoms with Crippen LogP contribution in [0.4, 0.5) is 16.0 Å². The smallest absolute Gasteiger partial charge is 0.255 e. The number of pyridine rings is 2. The Balaban J connectivity index is 1.48. The van der Waals surface area contributed by atoms with Crippen LogP contribution in [0.5, 0.6) is 0 Å². The van der Waals surface area contributed by atoms with Gasteiger partial charge in [-0.1, -0.05) is 18.2 Å². The zero-order valence-electron chi connectivity index (χ0n) is 19.3. The number of anilines is 2. The molecule has 178 valence electrons. The molecule has 0 aliphatic carbocycles. The van der Waals surface area contributed by atoms with Crippen molar-refractivity contribution in [3.05, 3.63) is 82.9 Å². The van der Waals surface area contributed by atoms with E-state index in [0.29, 0.717) is 37.4 Å². The van der Waals surface area contributed by atoms with E-state index in [1.807, 2.05) is 36.4 Å². The number of hydrogen-bond acceptors (Lipinski definition) is 6. The summed E-state index contributed by atoms with van der Waals surface area (Å²) >= 11 is 0. The summed E-state index contributed by atoms with van der Waals surface area (Å²) in [5.74, 6) is 0.906. The molecule has 8 heteroatoms. The molecule has 0 atom stereocenters. The number of halogens is 1. The minimum absolute atomic E-state index is 0.231. The van der Waals surface area contributed by atoms with Gasteiger partial charge in [0, 0.05) is 26.2 Å². The first-order valence-electron chi connectivity index (χ1n) is 11.8. The number of benzene rings is 1. The fourth-order valence-corrected chi connectivity index (χ4v) is 4.09. The van der Waals surface area contributed by atoms with Gasteiger partial charge in [0.25, 0.3) is 5.91 Å². The van der Waals surface area contributed by atoms with Crippen LogP contribution in [-0.4, -0.2) is 35.5 Å². The summed E-state index contributed by atoms with van der Waals surface area (Å²) < 4.78 is 13.5. The second kappa shape index (κ2) is 11.6. The molecule has 0 saturated carbocycles. The number of nitrogens with zero attached hydrogens (tertiary/aromatic N) is 3. The zero-order chi connectivity index (χ0) is 23.8. The minimum atomic E-state index is -0.255. The van der Waals surface area contributed by atoms with Gasteiger partial charge in [-0.25, -0.2) is 9.37 Å². The van der Waals surface area contributed by atoms with E-state index in [2.05, 4.69) is 20.5 Å². The molecule has 2 aromatic heterocycles. The lowest BCUT2D eigenvalue weighted by Gasteiger charge is -2.28. The maximum absolute atomic E-state index is 13.5. The normalized spacial score (nSPS) is 13.5. The van der Waals surface area contributed by atoms with E-state index in [1.54, 1.807) is 6.07 Å². The molecular formula is C26H31FN6O. The second-order valence-corrected chi connectivity index (χ2v) is 8.43. The SMILES string of the molecule is NCc1cccc(CNC(=O)c2ccc(N3CCCCC3)nc2NCCc2cccc(F)c2)n1. The fourth-order valence-electron chi connectivity index (χ4n) is 4.09. The number of carbonyl (C=O) groups excluding carboxylic acids is 1. The van der Waals surface area contributed by atoms with E-state index in [1.165, 1.54) is 18.6 Å². The number of nitrogens with two attached hydrogens (primary N) is 1. The molecule has 1 fully saturated rings. The predicted octanol–water partition coefficient (Wildman–Crippen LogP) is 3.65. The molecule has 4 N–H and O–H groups in total. The quantitative estimate of drug-likeness (QED) is 0.449. The molecular weight excluding hydrogens is 431 g/mol. The third kappa shape index (κ3) is 6.29. The van der Waals surface area contributed by atoms with Crippen LogP contribution in [0.3, 0.4) is 0 Å². The first-order valence-corrected chi connectivity index (χ1v) is 11.8. The van der Waals surface area contributed by atoms with E-state index in [4.69, 9.17) is 10.7 Å². The zero-order valence-corrected chi connectivity index (χ0v) is 19.3. The predicted molar refractivity (Wildman–Crippen MR) is 132 cm³/mol. The molecule has 1 saturated heterocycles. The van der Waals surface area contributed by atoms with E-state index >= 15 is 0 Å². The Morgan fingerprint density at radius 1 is 1.00 bits per heavy atom. The number of carbonyl (C=O) groups is 1. The first-order chi connectivity index (χ1) is 16.6. The van der Waals surface area contributed by atoms with Gasteiger partial charge in [-0.2, -0.15) is 0 Å². The molecule has 3 aromatic rings. The van der Waals surface area contributed by atoms with Gasteiger partial charge in [0.2, 0.25) is 0 Å². The van der Waals surface area contributed by atoms with Crippen molar-refractivity contribution in [3.8, 4) is 0 Å². The molecule has 34 heavy (non-hydrogen) atoms. The number of piperidine rings is 1. The van der Waals surface area contributed by atoms with Crippen molar-refractivity contribution < 1.29 is 9.18 Å². The second-order valence-electron chi connectivity index (χ2n) is 8.43. The topological polar surface area (TPSA) is 96.2 Å². The number of aromatic nitrogens is 2. The monoisotopic (exact) mass is 462 g/mol. The van der Waals surface area contributed by atoms with E-state index in [9.17, 15) is 9.18 Å². The van der Waals surface area contributed by atoms with Crippen molar-refractivity contribution in [1.82, 2.24) is 15.3 Å². The molecule has 7 nitrogen and oxygen atoms in total. The van der Waals surface area contributed by atoms with Crippen LogP contribution in [-0.2, 0) is 19.5 Å². The lowest BCUT2D eigenvalue weighted by molar-refractivity contribution is 0.0951. The number of hydrogen-bond donors (Lipinski definition) is 3. The standard InChI is InChI=1S/C26H31FN6O/c27-20-7-4-6-19(16-20)12-13-29-25-23(10-11-24(32-25)33-14-2-1-3-15-33)26(34)30-18-22-9-5-8-21(17-28)31-22/h4-11,16H,1-3,12-15,17-18,28H2,(H,29,32)(H,30,34). The summed E-state index contributed by atoms with van der Waals surface area (Å²) in [7, 11) is 0. The molecule has 1 aliphatic rings. The molecule has 3 heterocycles. The Morgan fingerprint density at radius 2 is 1.79 bits per heavy atom. The summed E-state index contributed by atoms with van der Waals surface area (Å²) in [6, 6.07) is 15.9. The Bertz CT molecular complexity index is 1120. The number of amides is 1. The van der Waals surface area contributed by atoms with E-state index in [-0.39, 0.29) is 11.7 Å². The highest BCUT2D eigenvalue weighted by atomic mass is 19.1. The Hall–Kier alpha value is -3.52. The van der Waals surface area contributed by atoms with Gasteiger partial charge in [-0.15, -0.1) is 0 Å². The van der Waals surface area contributed by atoms with E-state index in [0.717, 1.165) is 48.7 Å². The maximum atomic E-state index is 13.5. The highest BCUT2D eigenvalue weighted by molar-refractivity contribution is 5.99. The van der Waals surface area contributed by atoms with Crippen molar-refractivity contribution in [2.24, 2.45) is 5.73 Å². The molecule has 0 radical (unpaired) electrons. The Labute approximate surface area is 199 Å². The fraction of sp³-hybridized carbons (Fsp3) is 0.346. The molecule has 4 rings (SSSR count). The van der Waals surface area contributed by atoms with Crippen LogP contribution in [0.2, 0.25) is 0 Å².